The minimum Gasteiger partial charge on any atom is -0.351 e. The lowest BCUT2D eigenvalue weighted by molar-refractivity contribution is -0.384. The number of nitro groups is 1. The van der Waals surface area contributed by atoms with Crippen LogP contribution in [0.25, 0.3) is 10.2 Å². The molecule has 1 amide bonds. The lowest BCUT2D eigenvalue weighted by atomic mass is 10.3. The van der Waals surface area contributed by atoms with Crippen LogP contribution in [-0.2, 0) is 6.54 Å². The van der Waals surface area contributed by atoms with Crippen LogP contribution < -0.4 is 4.80 Å². The average Bonchev–Trinajstić information content (AvgIpc) is 3.09. The molecule has 2 heterocycles. The Morgan fingerprint density at radius 1 is 1.48 bits per heavy atom. The number of carbonyl (C=O) groups is 1. The number of amides is 1. The van der Waals surface area contributed by atoms with E-state index in [-0.39, 0.29) is 11.4 Å². The number of nitro benzene ring substituents is 1. The fraction of sp³-hybridized carbons (Fsp3) is 0.214. The number of hydrogen-bond acceptors (Lipinski definition) is 6. The first-order chi connectivity index (χ1) is 11.0. The van der Waals surface area contributed by atoms with Crippen LogP contribution in [0.15, 0.2) is 33.8 Å². The molecule has 9 heteroatoms. The molecule has 0 unspecified atom stereocenters. The summed E-state index contributed by atoms with van der Waals surface area (Å²) in [5, 5.41) is 14.5. The van der Waals surface area contributed by atoms with Crippen LogP contribution in [0, 0.1) is 17.0 Å². The van der Waals surface area contributed by atoms with Crippen LogP contribution in [0.5, 0.6) is 0 Å². The van der Waals surface area contributed by atoms with Gasteiger partial charge < -0.3 is 9.09 Å². The van der Waals surface area contributed by atoms with Crippen molar-refractivity contribution in [3.63, 3.8) is 0 Å². The first-order valence-corrected chi connectivity index (χ1v) is 7.61. The van der Waals surface area contributed by atoms with Gasteiger partial charge >= 0.3 is 5.91 Å². The predicted octanol–water partition coefficient (Wildman–Crippen LogP) is 2.67. The van der Waals surface area contributed by atoms with Crippen molar-refractivity contribution in [1.82, 2.24) is 9.72 Å². The van der Waals surface area contributed by atoms with Crippen molar-refractivity contribution in [1.29, 1.82) is 0 Å². The Morgan fingerprint density at radius 3 is 2.87 bits per heavy atom. The summed E-state index contributed by atoms with van der Waals surface area (Å²) >= 11 is 1.22. The molecule has 0 aliphatic heterocycles. The van der Waals surface area contributed by atoms with Crippen LogP contribution in [0.4, 0.5) is 5.69 Å². The third-order valence-corrected chi connectivity index (χ3v) is 4.27. The zero-order valence-corrected chi connectivity index (χ0v) is 13.2. The maximum Gasteiger partial charge on any atom is 0.318 e. The number of benzene rings is 1. The molecule has 1 aromatic carbocycles. The van der Waals surface area contributed by atoms with Crippen LogP contribution in [0.1, 0.15) is 23.2 Å². The summed E-state index contributed by atoms with van der Waals surface area (Å²) in [7, 11) is 0. The Hall–Kier alpha value is -2.81. The third kappa shape index (κ3) is 2.78. The lowest BCUT2D eigenvalue weighted by Crippen LogP contribution is -2.15. The van der Waals surface area contributed by atoms with Crippen molar-refractivity contribution in [3.8, 4) is 0 Å². The number of hydrogen-bond donors (Lipinski definition) is 0. The molecule has 0 aliphatic rings. The highest BCUT2D eigenvalue weighted by molar-refractivity contribution is 7.16. The number of thiazole rings is 1. The Morgan fingerprint density at radius 2 is 2.26 bits per heavy atom. The summed E-state index contributed by atoms with van der Waals surface area (Å²) < 4.78 is 7.43. The van der Waals surface area contributed by atoms with Gasteiger partial charge in [-0.2, -0.15) is 4.99 Å². The van der Waals surface area contributed by atoms with Gasteiger partial charge in [0.2, 0.25) is 5.76 Å². The molecule has 3 rings (SSSR count). The molecular formula is C14H12N4O4S. The second-order valence-corrected chi connectivity index (χ2v) is 5.80. The molecule has 0 spiro atoms. The Kier molecular flexibility index (Phi) is 3.78. The van der Waals surface area contributed by atoms with Gasteiger partial charge in [-0.15, -0.1) is 0 Å². The minimum absolute atomic E-state index is 0.00531. The van der Waals surface area contributed by atoms with Gasteiger partial charge in [0.15, 0.2) is 4.80 Å². The molecule has 118 valence electrons. The van der Waals surface area contributed by atoms with E-state index in [1.165, 1.54) is 29.5 Å². The highest BCUT2D eigenvalue weighted by Crippen LogP contribution is 2.23. The van der Waals surface area contributed by atoms with Crippen LogP contribution >= 0.6 is 11.3 Å². The molecule has 0 fully saturated rings. The summed E-state index contributed by atoms with van der Waals surface area (Å²) in [5.74, 6) is -0.470. The summed E-state index contributed by atoms with van der Waals surface area (Å²) in [6, 6.07) is 6.09. The maximum absolute atomic E-state index is 12.1. The van der Waals surface area contributed by atoms with E-state index in [0.29, 0.717) is 21.7 Å². The molecule has 0 radical (unpaired) electrons. The second kappa shape index (κ2) is 5.76. The van der Waals surface area contributed by atoms with Crippen LogP contribution in [0.3, 0.4) is 0 Å². The second-order valence-electron chi connectivity index (χ2n) is 4.79. The van der Waals surface area contributed by atoms with Crippen molar-refractivity contribution >= 4 is 33.1 Å². The molecule has 3 aromatic rings. The van der Waals surface area contributed by atoms with Crippen molar-refractivity contribution in [2.24, 2.45) is 4.99 Å². The first kappa shape index (κ1) is 15.1. The number of fused-ring (bicyclic) bond motifs is 1. The number of carbonyl (C=O) groups excluding carboxylic acids is 1. The molecule has 0 saturated heterocycles. The highest BCUT2D eigenvalue weighted by Gasteiger charge is 2.14. The molecule has 8 nitrogen and oxygen atoms in total. The van der Waals surface area contributed by atoms with E-state index >= 15 is 0 Å². The van der Waals surface area contributed by atoms with E-state index in [4.69, 9.17) is 4.52 Å². The molecule has 23 heavy (non-hydrogen) atoms. The standard InChI is InChI=1S/C14H12N4O4S/c1-3-17-10-5-4-9(18(20)21)7-12(10)23-14(17)15-13(19)11-6-8(2)16-22-11/h4-7H,3H2,1-2H3. The highest BCUT2D eigenvalue weighted by atomic mass is 32.1. The van der Waals surface area contributed by atoms with Gasteiger partial charge in [-0.3, -0.25) is 14.9 Å². The average molecular weight is 332 g/mol. The SMILES string of the molecule is CCn1c(=NC(=O)c2cc(C)no2)sc2cc([N+](=O)[O-])ccc21. The van der Waals surface area contributed by atoms with Crippen LogP contribution in [0.2, 0.25) is 0 Å². The van der Waals surface area contributed by atoms with E-state index in [0.717, 1.165) is 5.52 Å². The Bertz CT molecular complexity index is 982. The summed E-state index contributed by atoms with van der Waals surface area (Å²) in [4.78, 5) is 27.1. The van der Waals surface area contributed by atoms with Crippen molar-refractivity contribution < 1.29 is 14.2 Å². The van der Waals surface area contributed by atoms with Gasteiger partial charge in [-0.1, -0.05) is 16.5 Å². The van der Waals surface area contributed by atoms with Crippen molar-refractivity contribution in [2.45, 2.75) is 20.4 Å². The zero-order valence-electron chi connectivity index (χ0n) is 12.3. The topological polar surface area (TPSA) is 104 Å². The smallest absolute Gasteiger partial charge is 0.318 e. The summed E-state index contributed by atoms with van der Waals surface area (Å²) in [6.45, 7) is 4.21. The van der Waals surface area contributed by atoms with Crippen molar-refractivity contribution in [2.75, 3.05) is 0 Å². The molecule has 0 aliphatic carbocycles. The third-order valence-electron chi connectivity index (χ3n) is 3.23. The predicted molar refractivity (Wildman–Crippen MR) is 83.3 cm³/mol. The fourth-order valence-electron chi connectivity index (χ4n) is 2.17. The molecule has 0 bridgehead atoms. The largest absolute Gasteiger partial charge is 0.351 e. The summed E-state index contributed by atoms with van der Waals surface area (Å²) in [5.41, 5.74) is 1.40. The van der Waals surface area contributed by atoms with E-state index in [1.807, 2.05) is 11.5 Å². The van der Waals surface area contributed by atoms with E-state index in [1.54, 1.807) is 13.0 Å². The Balaban J connectivity index is 2.14. The molecule has 0 N–H and O–H groups in total. The summed E-state index contributed by atoms with van der Waals surface area (Å²) in [6.07, 6.45) is 0. The van der Waals surface area contributed by atoms with Gasteiger partial charge in [0.05, 0.1) is 20.8 Å². The normalized spacial score (nSPS) is 12.0. The number of aryl methyl sites for hydroxylation is 2. The molecular weight excluding hydrogens is 320 g/mol. The van der Waals surface area contributed by atoms with Gasteiger partial charge in [0, 0.05) is 24.7 Å². The number of nitrogens with zero attached hydrogens (tertiary/aromatic N) is 4. The monoisotopic (exact) mass is 332 g/mol. The van der Waals surface area contributed by atoms with Gasteiger partial charge in [-0.05, 0) is 19.9 Å². The van der Waals surface area contributed by atoms with Crippen LogP contribution in [-0.4, -0.2) is 20.6 Å². The molecule has 2 aromatic heterocycles. The van der Waals surface area contributed by atoms with E-state index < -0.39 is 10.8 Å². The molecule has 0 saturated carbocycles. The molecule has 0 atom stereocenters. The lowest BCUT2D eigenvalue weighted by Gasteiger charge is -1.99. The maximum atomic E-state index is 12.1. The van der Waals surface area contributed by atoms with Crippen molar-refractivity contribution in [3.05, 3.63) is 50.6 Å². The quantitative estimate of drug-likeness (QED) is 0.542. The minimum atomic E-state index is -0.533. The number of aromatic nitrogens is 2. The van der Waals surface area contributed by atoms with E-state index in [2.05, 4.69) is 10.1 Å². The van der Waals surface area contributed by atoms with Gasteiger partial charge in [-0.25, -0.2) is 0 Å². The number of rotatable bonds is 3. The van der Waals surface area contributed by atoms with Gasteiger partial charge in [0.1, 0.15) is 0 Å². The van der Waals surface area contributed by atoms with Gasteiger partial charge in [0.25, 0.3) is 5.69 Å². The fourth-order valence-corrected chi connectivity index (χ4v) is 3.30. The first-order valence-electron chi connectivity index (χ1n) is 6.79. The zero-order chi connectivity index (χ0) is 16.6. The Labute approximate surface area is 133 Å². The van der Waals surface area contributed by atoms with E-state index in [9.17, 15) is 14.9 Å². The number of non-ortho nitro benzene ring substituents is 1.